The summed E-state index contributed by atoms with van der Waals surface area (Å²) in [4.78, 5) is 44.7. The minimum Gasteiger partial charge on any atom is -0.461 e. The molecule has 0 aliphatic rings. The number of carbonyl (C=O) groups is 3. The second-order valence-corrected chi connectivity index (χ2v) is 10.7. The SMILES string of the molecule is CCOC(=O)c1ncc(N)cc1SCC.CCOC(=O)c1ncc(NC(=O)OC(C)(C)C)cc1SCC. The van der Waals surface area contributed by atoms with E-state index in [9.17, 15) is 14.4 Å². The number of amides is 1. The van der Waals surface area contributed by atoms with Crippen molar-refractivity contribution in [2.24, 2.45) is 0 Å². The molecule has 0 saturated carbocycles. The molecule has 204 valence electrons. The molecule has 1 amide bonds. The van der Waals surface area contributed by atoms with E-state index in [4.69, 9.17) is 19.9 Å². The number of carbonyl (C=O) groups excluding carboxylic acids is 3. The lowest BCUT2D eigenvalue weighted by atomic mass is 10.2. The van der Waals surface area contributed by atoms with Gasteiger partial charge in [0.1, 0.15) is 5.60 Å². The minimum absolute atomic E-state index is 0.253. The van der Waals surface area contributed by atoms with Gasteiger partial charge in [0, 0.05) is 9.79 Å². The summed E-state index contributed by atoms with van der Waals surface area (Å²) in [6, 6.07) is 3.44. The fourth-order valence-corrected chi connectivity index (χ4v) is 4.23. The van der Waals surface area contributed by atoms with Crippen LogP contribution in [0.4, 0.5) is 16.2 Å². The van der Waals surface area contributed by atoms with E-state index in [0.29, 0.717) is 28.6 Å². The molecular formula is C25H36N4O6S2. The Morgan fingerprint density at radius 3 is 1.81 bits per heavy atom. The first-order valence-electron chi connectivity index (χ1n) is 11.8. The van der Waals surface area contributed by atoms with Gasteiger partial charge in [-0.15, -0.1) is 23.5 Å². The average Bonchev–Trinajstić information content (AvgIpc) is 2.79. The lowest BCUT2D eigenvalue weighted by molar-refractivity contribution is 0.0505. The molecule has 0 aliphatic carbocycles. The third kappa shape index (κ3) is 11.7. The summed E-state index contributed by atoms with van der Waals surface area (Å²) in [5, 5.41) is 2.61. The van der Waals surface area contributed by atoms with Crippen LogP contribution in [0.15, 0.2) is 34.3 Å². The molecule has 0 unspecified atom stereocenters. The second-order valence-electron chi connectivity index (χ2n) is 8.12. The van der Waals surface area contributed by atoms with Crippen molar-refractivity contribution in [2.75, 3.05) is 35.8 Å². The first-order valence-corrected chi connectivity index (χ1v) is 13.8. The standard InChI is InChI=1S/C15H22N2O4S.C10H14N2O2S/c1-6-20-13(18)12-11(22-7-2)8-10(9-16-12)17-14(19)21-15(3,4)5;1-3-14-10(13)9-8(15-4-2)5-7(11)6-12-9/h8-9H,6-7H2,1-5H3,(H,17,19);5-6H,3-4,11H2,1-2H3. The zero-order chi connectivity index (χ0) is 28.0. The van der Waals surface area contributed by atoms with Gasteiger partial charge >= 0.3 is 18.0 Å². The Hall–Kier alpha value is -2.99. The molecule has 10 nitrogen and oxygen atoms in total. The molecule has 37 heavy (non-hydrogen) atoms. The van der Waals surface area contributed by atoms with Crippen LogP contribution in [0.25, 0.3) is 0 Å². The number of esters is 2. The van der Waals surface area contributed by atoms with Gasteiger partial charge in [0.15, 0.2) is 11.4 Å². The van der Waals surface area contributed by atoms with Gasteiger partial charge < -0.3 is 19.9 Å². The number of pyridine rings is 2. The summed E-state index contributed by atoms with van der Waals surface area (Å²) in [5.74, 6) is 0.761. The number of nitrogens with zero attached hydrogens (tertiary/aromatic N) is 2. The highest BCUT2D eigenvalue weighted by Crippen LogP contribution is 2.26. The number of anilines is 2. The van der Waals surface area contributed by atoms with E-state index in [1.54, 1.807) is 46.8 Å². The van der Waals surface area contributed by atoms with Crippen LogP contribution < -0.4 is 11.1 Å². The molecule has 0 aromatic carbocycles. The van der Waals surface area contributed by atoms with Crippen LogP contribution in [0, 0.1) is 0 Å². The van der Waals surface area contributed by atoms with E-state index in [-0.39, 0.29) is 12.3 Å². The Morgan fingerprint density at radius 2 is 1.35 bits per heavy atom. The van der Waals surface area contributed by atoms with E-state index in [2.05, 4.69) is 15.3 Å². The Kier molecular flexibility index (Phi) is 13.8. The number of hydrogen-bond acceptors (Lipinski definition) is 11. The van der Waals surface area contributed by atoms with Crippen LogP contribution >= 0.6 is 23.5 Å². The van der Waals surface area contributed by atoms with Crippen LogP contribution in [-0.4, -0.2) is 58.3 Å². The highest BCUT2D eigenvalue weighted by atomic mass is 32.2. The highest BCUT2D eigenvalue weighted by molar-refractivity contribution is 7.99. The Morgan fingerprint density at radius 1 is 0.865 bits per heavy atom. The Labute approximate surface area is 226 Å². The van der Waals surface area contributed by atoms with Crippen molar-refractivity contribution in [3.63, 3.8) is 0 Å². The smallest absolute Gasteiger partial charge is 0.412 e. The third-order valence-corrected chi connectivity index (χ3v) is 5.73. The van der Waals surface area contributed by atoms with Crippen molar-refractivity contribution in [3.8, 4) is 0 Å². The maximum atomic E-state index is 11.9. The largest absolute Gasteiger partial charge is 0.461 e. The summed E-state index contributed by atoms with van der Waals surface area (Å²) < 4.78 is 15.1. The Balaban J connectivity index is 0.000000397. The van der Waals surface area contributed by atoms with E-state index >= 15 is 0 Å². The van der Waals surface area contributed by atoms with Gasteiger partial charge in [-0.3, -0.25) is 5.32 Å². The van der Waals surface area contributed by atoms with Crippen LogP contribution in [-0.2, 0) is 14.2 Å². The molecular weight excluding hydrogens is 516 g/mol. The number of nitrogen functional groups attached to an aromatic ring is 1. The summed E-state index contributed by atoms with van der Waals surface area (Å²) in [6.45, 7) is 13.5. The number of hydrogen-bond donors (Lipinski definition) is 2. The topological polar surface area (TPSA) is 143 Å². The second kappa shape index (κ2) is 16.0. The number of nitrogens with two attached hydrogens (primary N) is 1. The number of nitrogens with one attached hydrogen (secondary N) is 1. The van der Waals surface area contributed by atoms with E-state index in [1.807, 2.05) is 13.8 Å². The van der Waals surface area contributed by atoms with Gasteiger partial charge in [-0.05, 0) is 58.3 Å². The van der Waals surface area contributed by atoms with E-state index in [1.165, 1.54) is 35.9 Å². The molecule has 2 rings (SSSR count). The van der Waals surface area contributed by atoms with Crippen LogP contribution in [0.1, 0.15) is 69.4 Å². The normalized spacial score (nSPS) is 10.6. The van der Waals surface area contributed by atoms with Gasteiger partial charge in [-0.25, -0.2) is 24.4 Å². The van der Waals surface area contributed by atoms with Gasteiger partial charge in [0.05, 0.1) is 37.0 Å². The number of rotatable bonds is 9. The number of thioether (sulfide) groups is 2. The van der Waals surface area contributed by atoms with Gasteiger partial charge in [-0.2, -0.15) is 0 Å². The lowest BCUT2D eigenvalue weighted by Gasteiger charge is -2.19. The zero-order valence-electron chi connectivity index (χ0n) is 22.4. The van der Waals surface area contributed by atoms with Gasteiger partial charge in [0.25, 0.3) is 0 Å². The first kappa shape index (κ1) is 32.0. The lowest BCUT2D eigenvalue weighted by Crippen LogP contribution is -2.27. The van der Waals surface area contributed by atoms with Crippen LogP contribution in [0.3, 0.4) is 0 Å². The molecule has 0 bridgehead atoms. The third-order valence-electron chi connectivity index (χ3n) is 3.91. The minimum atomic E-state index is -0.580. The van der Waals surface area contributed by atoms with E-state index in [0.717, 1.165) is 16.4 Å². The van der Waals surface area contributed by atoms with Crippen molar-refractivity contribution in [1.82, 2.24) is 9.97 Å². The summed E-state index contributed by atoms with van der Waals surface area (Å²) >= 11 is 2.98. The molecule has 0 radical (unpaired) electrons. The van der Waals surface area contributed by atoms with Gasteiger partial charge in [-0.1, -0.05) is 13.8 Å². The first-order chi connectivity index (χ1) is 17.4. The fourth-order valence-electron chi connectivity index (χ4n) is 2.63. The van der Waals surface area contributed by atoms with Crippen molar-refractivity contribution in [3.05, 3.63) is 35.9 Å². The fraction of sp³-hybridized carbons (Fsp3) is 0.480. The molecule has 0 aliphatic heterocycles. The molecule has 2 heterocycles. The molecule has 0 spiro atoms. The van der Waals surface area contributed by atoms with Crippen molar-refractivity contribution >= 4 is 52.9 Å². The summed E-state index contributed by atoms with van der Waals surface area (Å²) in [7, 11) is 0. The number of aromatic nitrogens is 2. The quantitative estimate of drug-likeness (QED) is 0.226. The maximum absolute atomic E-state index is 11.9. The summed E-state index contributed by atoms with van der Waals surface area (Å²) in [5.41, 5.74) is 6.65. The molecule has 0 saturated heterocycles. The molecule has 2 aromatic heterocycles. The molecule has 0 fully saturated rings. The van der Waals surface area contributed by atoms with Crippen molar-refractivity contribution in [1.29, 1.82) is 0 Å². The monoisotopic (exact) mass is 552 g/mol. The predicted octanol–water partition coefficient (Wildman–Crippen LogP) is 5.67. The predicted molar refractivity (Wildman–Crippen MR) is 147 cm³/mol. The molecule has 3 N–H and O–H groups in total. The van der Waals surface area contributed by atoms with Crippen LogP contribution in [0.5, 0.6) is 0 Å². The Bertz CT molecular complexity index is 1060. The van der Waals surface area contributed by atoms with Crippen molar-refractivity contribution < 1.29 is 28.6 Å². The van der Waals surface area contributed by atoms with Crippen LogP contribution in [0.2, 0.25) is 0 Å². The highest BCUT2D eigenvalue weighted by Gasteiger charge is 2.19. The molecule has 12 heteroatoms. The van der Waals surface area contributed by atoms with Gasteiger partial charge in [0.2, 0.25) is 0 Å². The van der Waals surface area contributed by atoms with Crippen molar-refractivity contribution in [2.45, 2.75) is 63.9 Å². The zero-order valence-corrected chi connectivity index (χ0v) is 24.0. The number of ether oxygens (including phenoxy) is 3. The molecule has 0 atom stereocenters. The summed E-state index contributed by atoms with van der Waals surface area (Å²) in [6.07, 6.45) is 2.31. The maximum Gasteiger partial charge on any atom is 0.412 e. The average molecular weight is 553 g/mol. The molecule has 2 aromatic rings. The van der Waals surface area contributed by atoms with E-state index < -0.39 is 23.6 Å².